The van der Waals surface area contributed by atoms with Crippen molar-refractivity contribution in [3.05, 3.63) is 41.5 Å². The van der Waals surface area contributed by atoms with Crippen LogP contribution in [0.15, 0.2) is 30.4 Å². The van der Waals surface area contributed by atoms with Gasteiger partial charge in [-0.1, -0.05) is 24.6 Å². The number of nitrogens with zero attached hydrogens (tertiary/aromatic N) is 1. The number of hydrazine groups is 1. The molecular weight excluding hydrogens is 216 g/mol. The van der Waals surface area contributed by atoms with E-state index in [2.05, 4.69) is 5.43 Å². The zero-order valence-corrected chi connectivity index (χ0v) is 9.86. The Morgan fingerprint density at radius 3 is 2.41 bits per heavy atom. The summed E-state index contributed by atoms with van der Waals surface area (Å²) in [5.41, 5.74) is 5.89. The van der Waals surface area contributed by atoms with Gasteiger partial charge in [0.25, 0.3) is 11.8 Å². The average Bonchev–Trinajstić information content (AvgIpc) is 2.62. The van der Waals surface area contributed by atoms with Crippen LogP contribution in [-0.4, -0.2) is 16.8 Å². The van der Waals surface area contributed by atoms with Crippen molar-refractivity contribution in [2.24, 2.45) is 0 Å². The molecule has 1 aromatic carbocycles. The molecule has 0 bridgehead atoms. The molecule has 1 aromatic rings. The van der Waals surface area contributed by atoms with Crippen LogP contribution in [0.3, 0.4) is 0 Å². The highest BCUT2D eigenvalue weighted by atomic mass is 16.2. The first kappa shape index (κ1) is 11.4. The average molecular weight is 230 g/mol. The van der Waals surface area contributed by atoms with Crippen molar-refractivity contribution in [1.29, 1.82) is 0 Å². The van der Waals surface area contributed by atoms with Gasteiger partial charge in [-0.25, -0.2) is 0 Å². The van der Waals surface area contributed by atoms with Gasteiger partial charge in [0.2, 0.25) is 0 Å². The highest BCUT2D eigenvalue weighted by Gasteiger charge is 2.23. The van der Waals surface area contributed by atoms with Crippen molar-refractivity contribution >= 4 is 17.5 Å². The predicted molar refractivity (Wildman–Crippen MR) is 65.2 cm³/mol. The monoisotopic (exact) mass is 230 g/mol. The minimum atomic E-state index is -0.336. The number of rotatable bonds is 3. The molecule has 0 aliphatic carbocycles. The first-order valence-corrected chi connectivity index (χ1v) is 5.54. The molecule has 17 heavy (non-hydrogen) atoms. The summed E-state index contributed by atoms with van der Waals surface area (Å²) in [5.74, 6) is -0.671. The Morgan fingerprint density at radius 2 is 1.82 bits per heavy atom. The fourth-order valence-electron chi connectivity index (χ4n) is 1.75. The van der Waals surface area contributed by atoms with Gasteiger partial charge < -0.3 is 0 Å². The molecule has 1 aliphatic rings. The third-order valence-corrected chi connectivity index (χ3v) is 2.68. The number of anilines is 1. The maximum absolute atomic E-state index is 11.4. The number of carbonyl (C=O) groups excluding carboxylic acids is 2. The van der Waals surface area contributed by atoms with Crippen molar-refractivity contribution in [3.63, 3.8) is 0 Å². The van der Waals surface area contributed by atoms with Crippen molar-refractivity contribution in [2.75, 3.05) is 5.43 Å². The highest BCUT2D eigenvalue weighted by molar-refractivity contribution is 6.13. The minimum absolute atomic E-state index is 0.336. The maximum atomic E-state index is 11.4. The lowest BCUT2D eigenvalue weighted by Crippen LogP contribution is -2.35. The second-order valence-electron chi connectivity index (χ2n) is 3.97. The first-order chi connectivity index (χ1) is 8.11. The van der Waals surface area contributed by atoms with E-state index in [0.29, 0.717) is 0 Å². The van der Waals surface area contributed by atoms with Crippen LogP contribution in [-0.2, 0) is 16.0 Å². The van der Waals surface area contributed by atoms with Gasteiger partial charge in [0.1, 0.15) is 0 Å². The maximum Gasteiger partial charge on any atom is 0.272 e. The Labute approximate surface area is 99.9 Å². The largest absolute Gasteiger partial charge is 0.288 e. The summed E-state index contributed by atoms with van der Waals surface area (Å²) in [5, 5.41) is 1.02. The van der Waals surface area contributed by atoms with E-state index < -0.39 is 0 Å². The molecule has 0 radical (unpaired) electrons. The number of imide groups is 1. The Bertz CT molecular complexity index is 488. The lowest BCUT2D eigenvalue weighted by atomic mass is 10.1. The van der Waals surface area contributed by atoms with Crippen molar-refractivity contribution in [3.8, 4) is 0 Å². The van der Waals surface area contributed by atoms with Crippen LogP contribution in [0.1, 0.15) is 18.1 Å². The molecule has 4 nitrogen and oxygen atoms in total. The molecule has 1 N–H and O–H groups in total. The van der Waals surface area contributed by atoms with Crippen molar-refractivity contribution < 1.29 is 9.59 Å². The van der Waals surface area contributed by atoms with E-state index in [-0.39, 0.29) is 11.8 Å². The van der Waals surface area contributed by atoms with Crippen molar-refractivity contribution in [1.82, 2.24) is 5.01 Å². The summed E-state index contributed by atoms with van der Waals surface area (Å²) in [6, 6.07) is 5.87. The SMILES string of the molecule is CCc1cc(C)ccc1NN1C(=O)C=CC1=O. The molecule has 0 unspecified atom stereocenters. The van der Waals surface area contributed by atoms with Gasteiger partial charge in [-0.05, 0) is 25.0 Å². The number of aryl methyl sites for hydroxylation is 2. The van der Waals surface area contributed by atoms with E-state index in [4.69, 9.17) is 0 Å². The summed E-state index contributed by atoms with van der Waals surface area (Å²) in [7, 11) is 0. The van der Waals surface area contributed by atoms with Gasteiger partial charge in [0, 0.05) is 12.2 Å². The molecule has 0 spiro atoms. The zero-order chi connectivity index (χ0) is 12.4. The Kier molecular flexibility index (Phi) is 2.95. The fourth-order valence-corrected chi connectivity index (χ4v) is 1.75. The molecule has 0 fully saturated rings. The highest BCUT2D eigenvalue weighted by Crippen LogP contribution is 2.19. The summed E-state index contributed by atoms with van der Waals surface area (Å²) < 4.78 is 0. The molecule has 4 heteroatoms. The van der Waals surface area contributed by atoms with Crippen molar-refractivity contribution in [2.45, 2.75) is 20.3 Å². The normalized spacial score (nSPS) is 14.6. The molecule has 0 atom stereocenters. The van der Waals surface area contributed by atoms with Crippen LogP contribution in [0.4, 0.5) is 5.69 Å². The molecular formula is C13H14N2O2. The van der Waals surface area contributed by atoms with Crippen LogP contribution < -0.4 is 5.43 Å². The molecule has 88 valence electrons. The van der Waals surface area contributed by atoms with Gasteiger partial charge >= 0.3 is 0 Å². The van der Waals surface area contributed by atoms with E-state index in [1.807, 2.05) is 32.0 Å². The number of benzene rings is 1. The van der Waals surface area contributed by atoms with Crippen LogP contribution in [0.25, 0.3) is 0 Å². The second kappa shape index (κ2) is 4.41. The molecule has 2 amide bonds. The van der Waals surface area contributed by atoms with Crippen LogP contribution in [0, 0.1) is 6.92 Å². The van der Waals surface area contributed by atoms with Gasteiger partial charge in [0.15, 0.2) is 0 Å². The molecule has 1 aliphatic heterocycles. The number of hydrogen-bond donors (Lipinski definition) is 1. The first-order valence-electron chi connectivity index (χ1n) is 5.54. The van der Waals surface area contributed by atoms with E-state index in [1.54, 1.807) is 0 Å². The van der Waals surface area contributed by atoms with E-state index >= 15 is 0 Å². The quantitative estimate of drug-likeness (QED) is 0.806. The summed E-state index contributed by atoms with van der Waals surface area (Å²) in [4.78, 5) is 22.8. The zero-order valence-electron chi connectivity index (χ0n) is 9.86. The predicted octanol–water partition coefficient (Wildman–Crippen LogP) is 1.81. The number of amides is 2. The van der Waals surface area contributed by atoms with Gasteiger partial charge in [-0.2, -0.15) is 5.01 Å². The third kappa shape index (κ3) is 2.20. The number of hydrogen-bond acceptors (Lipinski definition) is 3. The molecule has 0 saturated carbocycles. The topological polar surface area (TPSA) is 49.4 Å². The van der Waals surface area contributed by atoms with Crippen LogP contribution >= 0.6 is 0 Å². The van der Waals surface area contributed by atoms with E-state index in [0.717, 1.165) is 28.2 Å². The van der Waals surface area contributed by atoms with E-state index in [9.17, 15) is 9.59 Å². The van der Waals surface area contributed by atoms with Gasteiger partial charge in [0.05, 0.1) is 5.69 Å². The molecule has 0 saturated heterocycles. The van der Waals surface area contributed by atoms with Crippen LogP contribution in [0.5, 0.6) is 0 Å². The molecule has 2 rings (SSSR count). The second-order valence-corrected chi connectivity index (χ2v) is 3.97. The lowest BCUT2D eigenvalue weighted by Gasteiger charge is -2.19. The summed E-state index contributed by atoms with van der Waals surface area (Å²) in [6.45, 7) is 4.04. The third-order valence-electron chi connectivity index (χ3n) is 2.68. The van der Waals surface area contributed by atoms with E-state index in [1.165, 1.54) is 12.2 Å². The Morgan fingerprint density at radius 1 is 1.18 bits per heavy atom. The molecule has 1 heterocycles. The standard InChI is InChI=1S/C13H14N2O2/c1-3-10-8-9(2)4-5-11(10)14-15-12(16)6-7-13(15)17/h4-8,14H,3H2,1-2H3. The smallest absolute Gasteiger partial charge is 0.272 e. The Hall–Kier alpha value is -2.10. The van der Waals surface area contributed by atoms with Gasteiger partial charge in [-0.15, -0.1) is 0 Å². The number of carbonyl (C=O) groups is 2. The lowest BCUT2D eigenvalue weighted by molar-refractivity contribution is -0.135. The fraction of sp³-hybridized carbons (Fsp3) is 0.231. The van der Waals surface area contributed by atoms with Gasteiger partial charge in [-0.3, -0.25) is 15.0 Å². The summed E-state index contributed by atoms with van der Waals surface area (Å²) >= 11 is 0. The van der Waals surface area contributed by atoms with Crippen LogP contribution in [0.2, 0.25) is 0 Å². The minimum Gasteiger partial charge on any atom is -0.288 e. The number of nitrogens with one attached hydrogen (secondary N) is 1. The summed E-state index contributed by atoms with van der Waals surface area (Å²) in [6.07, 6.45) is 3.36. The Balaban J connectivity index is 2.24. The molecule has 0 aromatic heterocycles.